The van der Waals surface area contributed by atoms with Crippen LogP contribution in [0.4, 0.5) is 0 Å². The maximum absolute atomic E-state index is 5.52. The zero-order valence-electron chi connectivity index (χ0n) is 10.3. The second-order valence-electron chi connectivity index (χ2n) is 4.21. The Morgan fingerprint density at radius 2 is 2.38 bits per heavy atom. The predicted molar refractivity (Wildman–Crippen MR) is 63.7 cm³/mol. The van der Waals surface area contributed by atoms with Crippen molar-refractivity contribution >= 4 is 0 Å². The van der Waals surface area contributed by atoms with Crippen LogP contribution in [0, 0.1) is 0 Å². The topological polar surface area (TPSA) is 65.1 Å². The van der Waals surface area contributed by atoms with Crippen molar-refractivity contribution in [3.05, 3.63) is 18.0 Å². The quantitative estimate of drug-likeness (QED) is 0.528. The highest BCUT2D eigenvalue weighted by Crippen LogP contribution is 2.09. The average Bonchev–Trinajstić information content (AvgIpc) is 2.69. The third-order valence-corrected chi connectivity index (χ3v) is 2.79. The molecule has 0 fully saturated rings. The van der Waals surface area contributed by atoms with E-state index in [4.69, 9.17) is 10.6 Å². The van der Waals surface area contributed by atoms with E-state index >= 15 is 0 Å². The lowest BCUT2D eigenvalue weighted by Gasteiger charge is -2.18. The molecule has 1 aromatic heterocycles. The van der Waals surface area contributed by atoms with Crippen LogP contribution in [-0.2, 0) is 18.2 Å². The summed E-state index contributed by atoms with van der Waals surface area (Å²) in [6.45, 7) is 2.05. The van der Waals surface area contributed by atoms with E-state index < -0.39 is 0 Å². The number of hydrogen-bond donors (Lipinski definition) is 2. The number of methoxy groups -OCH3 is 1. The third kappa shape index (κ3) is 4.30. The fraction of sp³-hybridized carbons (Fsp3) is 0.727. The molecule has 0 saturated carbocycles. The zero-order chi connectivity index (χ0) is 12.0. The molecule has 5 heteroatoms. The molecule has 92 valence electrons. The van der Waals surface area contributed by atoms with E-state index in [1.807, 2.05) is 24.1 Å². The number of nitrogens with one attached hydrogen (secondary N) is 1. The first-order valence-corrected chi connectivity index (χ1v) is 5.62. The van der Waals surface area contributed by atoms with E-state index in [9.17, 15) is 0 Å². The van der Waals surface area contributed by atoms with Gasteiger partial charge in [-0.1, -0.05) is 0 Å². The molecule has 0 aliphatic rings. The van der Waals surface area contributed by atoms with Crippen LogP contribution in [0.15, 0.2) is 12.4 Å². The molecule has 3 N–H and O–H groups in total. The molecule has 16 heavy (non-hydrogen) atoms. The largest absolute Gasteiger partial charge is 0.382 e. The molecular formula is C11H22N4O. The van der Waals surface area contributed by atoms with Crippen molar-refractivity contribution in [2.45, 2.75) is 38.3 Å². The predicted octanol–water partition coefficient (Wildman–Crippen LogP) is 0.610. The van der Waals surface area contributed by atoms with E-state index in [1.165, 1.54) is 5.56 Å². The Kier molecular flexibility index (Phi) is 5.45. The highest BCUT2D eigenvalue weighted by Gasteiger charge is 2.11. The second kappa shape index (κ2) is 6.62. The molecule has 0 saturated heterocycles. The van der Waals surface area contributed by atoms with Gasteiger partial charge in [0.1, 0.15) is 0 Å². The monoisotopic (exact) mass is 226 g/mol. The van der Waals surface area contributed by atoms with Crippen molar-refractivity contribution in [1.29, 1.82) is 0 Å². The van der Waals surface area contributed by atoms with Crippen molar-refractivity contribution in [2.24, 2.45) is 12.9 Å². The summed E-state index contributed by atoms with van der Waals surface area (Å²) in [5, 5.41) is 4.14. The first kappa shape index (κ1) is 13.2. The van der Waals surface area contributed by atoms with Gasteiger partial charge in [0.15, 0.2) is 0 Å². The summed E-state index contributed by atoms with van der Waals surface area (Å²) in [5.74, 6) is 5.52. The Morgan fingerprint density at radius 3 is 2.88 bits per heavy atom. The Labute approximate surface area is 96.9 Å². The van der Waals surface area contributed by atoms with Gasteiger partial charge < -0.3 is 4.74 Å². The van der Waals surface area contributed by atoms with Crippen molar-refractivity contribution in [2.75, 3.05) is 7.11 Å². The van der Waals surface area contributed by atoms with Gasteiger partial charge in [0.05, 0.1) is 12.3 Å². The number of ether oxygens (including phenoxy) is 1. The highest BCUT2D eigenvalue weighted by molar-refractivity contribution is 5.03. The summed E-state index contributed by atoms with van der Waals surface area (Å²) in [6.07, 6.45) is 7.07. The molecular weight excluding hydrogens is 204 g/mol. The second-order valence-corrected chi connectivity index (χ2v) is 4.21. The SMILES string of the molecule is COC(C)CC(CCc1cnn(C)c1)NN. The van der Waals surface area contributed by atoms with Gasteiger partial charge in [0.2, 0.25) is 0 Å². The van der Waals surface area contributed by atoms with Gasteiger partial charge >= 0.3 is 0 Å². The van der Waals surface area contributed by atoms with Crippen molar-refractivity contribution in [3.8, 4) is 0 Å². The molecule has 0 aromatic carbocycles. The molecule has 0 bridgehead atoms. The smallest absolute Gasteiger partial charge is 0.0558 e. The van der Waals surface area contributed by atoms with Crippen LogP contribution in [0.5, 0.6) is 0 Å². The maximum atomic E-state index is 5.52. The van der Waals surface area contributed by atoms with Crippen molar-refractivity contribution in [1.82, 2.24) is 15.2 Å². The minimum atomic E-state index is 0.231. The van der Waals surface area contributed by atoms with E-state index in [1.54, 1.807) is 7.11 Å². The summed E-state index contributed by atoms with van der Waals surface area (Å²) < 4.78 is 7.04. The normalized spacial score (nSPS) is 15.0. The number of aryl methyl sites for hydroxylation is 2. The van der Waals surface area contributed by atoms with Crippen LogP contribution in [0.3, 0.4) is 0 Å². The van der Waals surface area contributed by atoms with Crippen LogP contribution in [0.25, 0.3) is 0 Å². The summed E-state index contributed by atoms with van der Waals surface area (Å²) >= 11 is 0. The Bertz CT molecular complexity index is 300. The molecule has 2 atom stereocenters. The molecule has 1 heterocycles. The van der Waals surface area contributed by atoms with E-state index in [0.29, 0.717) is 0 Å². The van der Waals surface area contributed by atoms with Crippen LogP contribution >= 0.6 is 0 Å². The van der Waals surface area contributed by atoms with Crippen LogP contribution in [0.2, 0.25) is 0 Å². The van der Waals surface area contributed by atoms with E-state index in [0.717, 1.165) is 19.3 Å². The molecule has 0 radical (unpaired) electrons. The summed E-state index contributed by atoms with van der Waals surface area (Å²) in [5.41, 5.74) is 4.08. The number of hydrazine groups is 1. The molecule has 5 nitrogen and oxygen atoms in total. The molecule has 0 aliphatic heterocycles. The molecule has 1 aromatic rings. The van der Waals surface area contributed by atoms with Gasteiger partial charge in [-0.25, -0.2) is 0 Å². The van der Waals surface area contributed by atoms with Crippen LogP contribution in [-0.4, -0.2) is 29.0 Å². The first-order valence-electron chi connectivity index (χ1n) is 5.62. The van der Waals surface area contributed by atoms with Crippen LogP contribution in [0.1, 0.15) is 25.3 Å². The number of hydrogen-bond acceptors (Lipinski definition) is 4. The maximum Gasteiger partial charge on any atom is 0.0558 e. The number of rotatable bonds is 7. The highest BCUT2D eigenvalue weighted by atomic mass is 16.5. The molecule has 2 unspecified atom stereocenters. The van der Waals surface area contributed by atoms with Gasteiger partial charge in [-0.3, -0.25) is 16.0 Å². The molecule has 0 spiro atoms. The van der Waals surface area contributed by atoms with Crippen molar-refractivity contribution in [3.63, 3.8) is 0 Å². The van der Waals surface area contributed by atoms with Crippen molar-refractivity contribution < 1.29 is 4.74 Å². The lowest BCUT2D eigenvalue weighted by Crippen LogP contribution is -2.37. The Hall–Kier alpha value is -0.910. The number of aromatic nitrogens is 2. The zero-order valence-corrected chi connectivity index (χ0v) is 10.3. The van der Waals surface area contributed by atoms with Crippen LogP contribution < -0.4 is 11.3 Å². The molecule has 0 aliphatic carbocycles. The first-order chi connectivity index (χ1) is 7.65. The van der Waals surface area contributed by atoms with Gasteiger partial charge in [-0.05, 0) is 31.7 Å². The number of nitrogens with zero attached hydrogens (tertiary/aromatic N) is 2. The average molecular weight is 226 g/mol. The number of nitrogens with two attached hydrogens (primary N) is 1. The standard InChI is InChI=1S/C11H22N4O/c1-9(16-3)6-11(14-12)5-4-10-7-13-15(2)8-10/h7-9,11,14H,4-6,12H2,1-3H3. The van der Waals surface area contributed by atoms with E-state index in [2.05, 4.69) is 17.4 Å². The molecule has 0 amide bonds. The summed E-state index contributed by atoms with van der Waals surface area (Å²) in [6, 6.07) is 0.287. The minimum Gasteiger partial charge on any atom is -0.382 e. The summed E-state index contributed by atoms with van der Waals surface area (Å²) in [7, 11) is 3.65. The fourth-order valence-electron chi connectivity index (χ4n) is 1.71. The van der Waals surface area contributed by atoms with Gasteiger partial charge in [-0.2, -0.15) is 5.10 Å². The molecule has 1 rings (SSSR count). The lowest BCUT2D eigenvalue weighted by molar-refractivity contribution is 0.0993. The van der Waals surface area contributed by atoms with Gasteiger partial charge in [0.25, 0.3) is 0 Å². The Morgan fingerprint density at radius 1 is 1.62 bits per heavy atom. The van der Waals surface area contributed by atoms with Gasteiger partial charge in [0, 0.05) is 26.4 Å². The fourth-order valence-corrected chi connectivity index (χ4v) is 1.71. The third-order valence-electron chi connectivity index (χ3n) is 2.79. The van der Waals surface area contributed by atoms with E-state index in [-0.39, 0.29) is 12.1 Å². The van der Waals surface area contributed by atoms with Gasteiger partial charge in [-0.15, -0.1) is 0 Å². The minimum absolute atomic E-state index is 0.231. The lowest BCUT2D eigenvalue weighted by atomic mass is 10.0. The summed E-state index contributed by atoms with van der Waals surface area (Å²) in [4.78, 5) is 0. The Balaban J connectivity index is 2.33.